The molecule has 0 heterocycles. The molecule has 1 amide bonds. The van der Waals surface area contributed by atoms with E-state index in [0.29, 0.717) is 19.4 Å². The van der Waals surface area contributed by atoms with Crippen LogP contribution in [-0.2, 0) is 14.3 Å². The number of carbonyl (C=O) groups excluding carboxylic acids is 2. The lowest BCUT2D eigenvalue weighted by molar-refractivity contribution is -0.151. The molecular formula is C28H55NO4. The molecule has 0 aliphatic rings. The molecule has 5 heteroatoms. The molecule has 0 saturated heterocycles. The highest BCUT2D eigenvalue weighted by Crippen LogP contribution is 2.16. The quantitative estimate of drug-likeness (QED) is 0.109. The van der Waals surface area contributed by atoms with Crippen molar-refractivity contribution in [3.05, 3.63) is 0 Å². The largest absolute Gasteiger partial charge is 0.462 e. The number of hydrogen-bond donors (Lipinski definition) is 2. The summed E-state index contributed by atoms with van der Waals surface area (Å²) in [5.41, 5.74) is 0. The van der Waals surface area contributed by atoms with Gasteiger partial charge in [0.15, 0.2) is 0 Å². The van der Waals surface area contributed by atoms with Gasteiger partial charge in [-0.25, -0.2) is 0 Å². The molecule has 0 radical (unpaired) electrons. The van der Waals surface area contributed by atoms with Crippen molar-refractivity contribution in [2.24, 2.45) is 0 Å². The summed E-state index contributed by atoms with van der Waals surface area (Å²) >= 11 is 0. The highest BCUT2D eigenvalue weighted by atomic mass is 16.5. The lowest BCUT2D eigenvalue weighted by atomic mass is 10.0. The second-order valence-electron chi connectivity index (χ2n) is 9.59. The Kier molecular flexibility index (Phi) is 24.7. The summed E-state index contributed by atoms with van der Waals surface area (Å²) in [6, 6.07) is 0. The summed E-state index contributed by atoms with van der Waals surface area (Å²) in [6.45, 7) is 5.17. The minimum absolute atomic E-state index is 0.0578. The zero-order chi connectivity index (χ0) is 24.4. The second kappa shape index (κ2) is 25.5. The Hall–Kier alpha value is -1.10. The van der Waals surface area contributed by atoms with Crippen LogP contribution in [0.4, 0.5) is 0 Å². The first kappa shape index (κ1) is 31.9. The highest BCUT2D eigenvalue weighted by Gasteiger charge is 2.18. The monoisotopic (exact) mass is 469 g/mol. The van der Waals surface area contributed by atoms with Crippen molar-refractivity contribution >= 4 is 11.9 Å². The molecule has 0 aromatic heterocycles. The van der Waals surface area contributed by atoms with Crippen molar-refractivity contribution in [1.29, 1.82) is 0 Å². The van der Waals surface area contributed by atoms with Gasteiger partial charge in [0.05, 0.1) is 6.42 Å². The normalized spacial score (nSPS) is 12.0. The van der Waals surface area contributed by atoms with Crippen LogP contribution in [0.25, 0.3) is 0 Å². The van der Waals surface area contributed by atoms with E-state index in [1.807, 2.05) is 0 Å². The van der Waals surface area contributed by atoms with Crippen molar-refractivity contribution in [2.45, 2.75) is 155 Å². The van der Waals surface area contributed by atoms with Crippen LogP contribution in [0.2, 0.25) is 0 Å². The minimum Gasteiger partial charge on any atom is -0.462 e. The van der Waals surface area contributed by atoms with Gasteiger partial charge in [-0.1, -0.05) is 104 Å². The Morgan fingerprint density at radius 1 is 0.697 bits per heavy atom. The molecule has 0 unspecified atom stereocenters. The van der Waals surface area contributed by atoms with Gasteiger partial charge in [-0.2, -0.15) is 0 Å². The number of aliphatic hydroxyl groups is 1. The van der Waals surface area contributed by atoms with E-state index in [9.17, 15) is 9.59 Å². The van der Waals surface area contributed by atoms with E-state index in [0.717, 1.165) is 38.5 Å². The highest BCUT2D eigenvalue weighted by molar-refractivity contribution is 5.77. The molecule has 33 heavy (non-hydrogen) atoms. The van der Waals surface area contributed by atoms with Gasteiger partial charge < -0.3 is 15.2 Å². The number of nitrogens with one attached hydrogen (secondary N) is 1. The summed E-state index contributed by atoms with van der Waals surface area (Å²) in [5.74, 6) is -0.213. The van der Waals surface area contributed by atoms with Crippen molar-refractivity contribution in [3.63, 3.8) is 0 Å². The third-order valence-electron chi connectivity index (χ3n) is 6.23. The molecule has 1 atom stereocenters. The second-order valence-corrected chi connectivity index (χ2v) is 9.59. The van der Waals surface area contributed by atoms with Crippen LogP contribution < -0.4 is 5.32 Å². The van der Waals surface area contributed by atoms with Crippen LogP contribution in [-0.4, -0.2) is 36.2 Å². The summed E-state index contributed by atoms with van der Waals surface area (Å²) in [7, 11) is 0. The van der Waals surface area contributed by atoms with Gasteiger partial charge in [-0.3, -0.25) is 9.59 Å². The lowest BCUT2D eigenvalue weighted by Gasteiger charge is -2.18. The average molecular weight is 470 g/mol. The first-order valence-corrected chi connectivity index (χ1v) is 14.2. The maximum Gasteiger partial charge on any atom is 0.306 e. The van der Waals surface area contributed by atoms with E-state index >= 15 is 0 Å². The third-order valence-corrected chi connectivity index (χ3v) is 6.23. The van der Waals surface area contributed by atoms with E-state index in [-0.39, 0.29) is 31.0 Å². The molecule has 0 aliphatic carbocycles. The third kappa shape index (κ3) is 23.8. The Labute approximate surface area is 204 Å². The Balaban J connectivity index is 4.17. The van der Waals surface area contributed by atoms with Crippen LogP contribution >= 0.6 is 0 Å². The summed E-state index contributed by atoms with van der Waals surface area (Å²) in [5, 5.41) is 11.8. The molecule has 0 saturated carbocycles. The van der Waals surface area contributed by atoms with Gasteiger partial charge in [0.2, 0.25) is 5.91 Å². The summed E-state index contributed by atoms with van der Waals surface area (Å²) in [4.78, 5) is 24.6. The maximum absolute atomic E-state index is 12.3. The SMILES string of the molecule is CCCCCCCCCCC[C@H](CC(=O)NCCCCO)OC(=O)CCCCCCCCC. The smallest absolute Gasteiger partial charge is 0.306 e. The van der Waals surface area contributed by atoms with E-state index in [1.54, 1.807) is 0 Å². The van der Waals surface area contributed by atoms with Crippen molar-refractivity contribution < 1.29 is 19.4 Å². The van der Waals surface area contributed by atoms with E-state index in [1.165, 1.54) is 77.0 Å². The molecule has 5 nitrogen and oxygen atoms in total. The summed E-state index contributed by atoms with van der Waals surface area (Å²) in [6.07, 6.45) is 22.1. The predicted molar refractivity (Wildman–Crippen MR) is 138 cm³/mol. The number of rotatable bonds is 25. The Bertz CT molecular complexity index is 442. The average Bonchev–Trinajstić information content (AvgIpc) is 2.80. The number of unbranched alkanes of at least 4 members (excludes halogenated alkanes) is 15. The van der Waals surface area contributed by atoms with Gasteiger partial charge in [0.25, 0.3) is 0 Å². The predicted octanol–water partition coefficient (Wildman–Crippen LogP) is 7.24. The minimum atomic E-state index is -0.315. The fourth-order valence-electron chi connectivity index (χ4n) is 4.10. The van der Waals surface area contributed by atoms with Gasteiger partial charge in [0, 0.05) is 19.6 Å². The number of ether oxygens (including phenoxy) is 1. The zero-order valence-corrected chi connectivity index (χ0v) is 22.0. The topological polar surface area (TPSA) is 75.6 Å². The van der Waals surface area contributed by atoms with Gasteiger partial charge in [-0.05, 0) is 32.1 Å². The van der Waals surface area contributed by atoms with Crippen LogP contribution in [0.3, 0.4) is 0 Å². The van der Waals surface area contributed by atoms with E-state index in [4.69, 9.17) is 9.84 Å². The van der Waals surface area contributed by atoms with Gasteiger partial charge in [0.1, 0.15) is 6.10 Å². The fraction of sp³-hybridized carbons (Fsp3) is 0.929. The van der Waals surface area contributed by atoms with Crippen molar-refractivity contribution in [2.75, 3.05) is 13.2 Å². The zero-order valence-electron chi connectivity index (χ0n) is 22.0. The van der Waals surface area contributed by atoms with Gasteiger partial charge >= 0.3 is 5.97 Å². The van der Waals surface area contributed by atoms with Gasteiger partial charge in [-0.15, -0.1) is 0 Å². The molecule has 2 N–H and O–H groups in total. The molecule has 0 spiro atoms. The molecule has 0 rings (SSSR count). The molecule has 0 aromatic rings. The first-order chi connectivity index (χ1) is 16.1. The van der Waals surface area contributed by atoms with E-state index in [2.05, 4.69) is 19.2 Å². The fourth-order valence-corrected chi connectivity index (χ4v) is 4.10. The molecular weight excluding hydrogens is 414 g/mol. The van der Waals surface area contributed by atoms with Crippen LogP contribution in [0.1, 0.15) is 149 Å². The van der Waals surface area contributed by atoms with Crippen molar-refractivity contribution in [3.8, 4) is 0 Å². The summed E-state index contributed by atoms with van der Waals surface area (Å²) < 4.78 is 5.73. The molecule has 0 bridgehead atoms. The number of aliphatic hydroxyl groups excluding tert-OH is 1. The number of amides is 1. The van der Waals surface area contributed by atoms with E-state index < -0.39 is 0 Å². The van der Waals surface area contributed by atoms with Crippen LogP contribution in [0, 0.1) is 0 Å². The Morgan fingerprint density at radius 2 is 1.21 bits per heavy atom. The molecule has 0 aromatic carbocycles. The maximum atomic E-state index is 12.3. The van der Waals surface area contributed by atoms with Crippen LogP contribution in [0.15, 0.2) is 0 Å². The Morgan fingerprint density at radius 3 is 1.76 bits per heavy atom. The lowest BCUT2D eigenvalue weighted by Crippen LogP contribution is -2.30. The van der Waals surface area contributed by atoms with Crippen LogP contribution in [0.5, 0.6) is 0 Å². The molecule has 0 aliphatic heterocycles. The number of esters is 1. The number of hydrogen-bond acceptors (Lipinski definition) is 4. The standard InChI is InChI=1S/C28H55NO4/c1-3-5-7-9-11-12-14-15-17-21-26(25-27(31)29-23-19-20-24-30)33-28(32)22-18-16-13-10-8-6-4-2/h26,30H,3-25H2,1-2H3,(H,29,31)/t26-/m1/s1. The molecule has 196 valence electrons. The molecule has 0 fully saturated rings. The number of carbonyl (C=O) groups is 2. The first-order valence-electron chi connectivity index (χ1n) is 14.2. The van der Waals surface area contributed by atoms with Crippen molar-refractivity contribution in [1.82, 2.24) is 5.32 Å².